The molecule has 3 amide bonds. The zero-order valence-electron chi connectivity index (χ0n) is 16.1. The summed E-state index contributed by atoms with van der Waals surface area (Å²) in [5, 5.41) is 2.78. The van der Waals surface area contributed by atoms with Gasteiger partial charge in [-0.2, -0.15) is 0 Å². The Labute approximate surface area is 163 Å². The van der Waals surface area contributed by atoms with Gasteiger partial charge in [0.25, 0.3) is 0 Å². The standard InChI is InChI=1S/C20H23N3O5/c1-26-16-6-4-5-14(11-16)21-19(24)13-22-9-10-23(20(22)25)15-7-8-17(27-2)18(12-15)28-3/h4-8,11-12H,9-10,13H2,1-3H3,(H,21,24). The molecule has 8 nitrogen and oxygen atoms in total. The number of benzene rings is 2. The first kappa shape index (κ1) is 19.3. The molecular formula is C20H23N3O5. The van der Waals surface area contributed by atoms with E-state index in [0.717, 1.165) is 0 Å². The van der Waals surface area contributed by atoms with Crippen molar-refractivity contribution >= 4 is 23.3 Å². The molecule has 0 unspecified atom stereocenters. The Balaban J connectivity index is 1.64. The van der Waals surface area contributed by atoms with Gasteiger partial charge in [0.2, 0.25) is 5.91 Å². The molecule has 0 spiro atoms. The summed E-state index contributed by atoms with van der Waals surface area (Å²) in [5.74, 6) is 1.51. The average Bonchev–Trinajstić information content (AvgIpc) is 3.07. The minimum absolute atomic E-state index is 0.0279. The van der Waals surface area contributed by atoms with E-state index in [1.807, 2.05) is 0 Å². The third kappa shape index (κ3) is 4.11. The van der Waals surface area contributed by atoms with Crippen molar-refractivity contribution in [2.24, 2.45) is 0 Å². The second-order valence-electron chi connectivity index (χ2n) is 6.18. The first-order chi connectivity index (χ1) is 13.5. The van der Waals surface area contributed by atoms with Gasteiger partial charge < -0.3 is 24.4 Å². The number of anilines is 2. The molecule has 2 aromatic rings. The molecule has 1 N–H and O–H groups in total. The lowest BCUT2D eigenvalue weighted by atomic mass is 10.2. The smallest absolute Gasteiger partial charge is 0.325 e. The van der Waals surface area contributed by atoms with Gasteiger partial charge in [0.15, 0.2) is 11.5 Å². The van der Waals surface area contributed by atoms with Crippen molar-refractivity contribution in [2.45, 2.75) is 0 Å². The highest BCUT2D eigenvalue weighted by atomic mass is 16.5. The number of rotatable bonds is 7. The predicted octanol–water partition coefficient (Wildman–Crippen LogP) is 2.59. The molecule has 2 aromatic carbocycles. The van der Waals surface area contributed by atoms with Crippen LogP contribution < -0.4 is 24.4 Å². The van der Waals surface area contributed by atoms with E-state index < -0.39 is 0 Å². The number of urea groups is 1. The van der Waals surface area contributed by atoms with Gasteiger partial charge in [0.05, 0.1) is 21.3 Å². The van der Waals surface area contributed by atoms with E-state index in [0.29, 0.717) is 41.7 Å². The van der Waals surface area contributed by atoms with E-state index >= 15 is 0 Å². The Bertz CT molecular complexity index is 871. The zero-order valence-corrected chi connectivity index (χ0v) is 16.1. The van der Waals surface area contributed by atoms with Crippen LogP contribution in [-0.4, -0.2) is 57.8 Å². The largest absolute Gasteiger partial charge is 0.497 e. The van der Waals surface area contributed by atoms with E-state index in [1.165, 1.54) is 4.90 Å². The number of hydrogen-bond donors (Lipinski definition) is 1. The summed E-state index contributed by atoms with van der Waals surface area (Å²) >= 11 is 0. The van der Waals surface area contributed by atoms with Gasteiger partial charge in [-0.15, -0.1) is 0 Å². The minimum atomic E-state index is -0.268. The van der Waals surface area contributed by atoms with Crippen molar-refractivity contribution in [1.82, 2.24) is 4.90 Å². The van der Waals surface area contributed by atoms with Gasteiger partial charge in [-0.3, -0.25) is 9.69 Å². The molecule has 0 atom stereocenters. The third-order valence-corrected chi connectivity index (χ3v) is 4.46. The van der Waals surface area contributed by atoms with Crippen LogP contribution >= 0.6 is 0 Å². The molecule has 0 aromatic heterocycles. The number of methoxy groups -OCH3 is 3. The molecule has 8 heteroatoms. The number of ether oxygens (including phenoxy) is 3. The highest BCUT2D eigenvalue weighted by Gasteiger charge is 2.31. The first-order valence-corrected chi connectivity index (χ1v) is 8.78. The van der Waals surface area contributed by atoms with Gasteiger partial charge in [-0.1, -0.05) is 6.07 Å². The lowest BCUT2D eigenvalue weighted by molar-refractivity contribution is -0.116. The molecule has 28 heavy (non-hydrogen) atoms. The van der Waals surface area contributed by atoms with Gasteiger partial charge >= 0.3 is 6.03 Å². The predicted molar refractivity (Wildman–Crippen MR) is 105 cm³/mol. The van der Waals surface area contributed by atoms with E-state index in [1.54, 1.807) is 68.7 Å². The second-order valence-corrected chi connectivity index (χ2v) is 6.18. The van der Waals surface area contributed by atoms with Crippen molar-refractivity contribution in [3.05, 3.63) is 42.5 Å². The van der Waals surface area contributed by atoms with Crippen LogP contribution in [0.3, 0.4) is 0 Å². The summed E-state index contributed by atoms with van der Waals surface area (Å²) in [6.07, 6.45) is 0. The highest BCUT2D eigenvalue weighted by Crippen LogP contribution is 2.32. The average molecular weight is 385 g/mol. The fourth-order valence-corrected chi connectivity index (χ4v) is 3.04. The molecule has 1 aliphatic heterocycles. The number of hydrogen-bond acceptors (Lipinski definition) is 5. The van der Waals surface area contributed by atoms with Crippen molar-refractivity contribution < 1.29 is 23.8 Å². The minimum Gasteiger partial charge on any atom is -0.497 e. The summed E-state index contributed by atoms with van der Waals surface area (Å²) in [6.45, 7) is 0.916. The summed E-state index contributed by atoms with van der Waals surface area (Å²) in [4.78, 5) is 28.2. The van der Waals surface area contributed by atoms with Crippen LogP contribution in [0.25, 0.3) is 0 Å². The molecule has 148 valence electrons. The van der Waals surface area contributed by atoms with Gasteiger partial charge in [-0.25, -0.2) is 4.79 Å². The number of amides is 3. The van der Waals surface area contributed by atoms with Crippen molar-refractivity contribution in [3.63, 3.8) is 0 Å². The van der Waals surface area contributed by atoms with Gasteiger partial charge in [0, 0.05) is 36.6 Å². The fraction of sp³-hybridized carbons (Fsp3) is 0.300. The number of nitrogens with zero attached hydrogens (tertiary/aromatic N) is 2. The monoisotopic (exact) mass is 385 g/mol. The highest BCUT2D eigenvalue weighted by molar-refractivity contribution is 5.99. The Hall–Kier alpha value is -3.42. The maximum Gasteiger partial charge on any atom is 0.325 e. The molecule has 1 heterocycles. The maximum absolute atomic E-state index is 12.7. The topological polar surface area (TPSA) is 80.3 Å². The van der Waals surface area contributed by atoms with Crippen LogP contribution in [0.5, 0.6) is 17.2 Å². The summed E-state index contributed by atoms with van der Waals surface area (Å²) in [6, 6.07) is 12.1. The Kier molecular flexibility index (Phi) is 5.88. The fourth-order valence-electron chi connectivity index (χ4n) is 3.04. The first-order valence-electron chi connectivity index (χ1n) is 8.78. The quantitative estimate of drug-likeness (QED) is 0.792. The molecule has 1 fully saturated rings. The van der Waals surface area contributed by atoms with Crippen LogP contribution in [0.15, 0.2) is 42.5 Å². The van der Waals surface area contributed by atoms with Crippen molar-refractivity contribution in [2.75, 3.05) is 51.2 Å². The summed E-state index contributed by atoms with van der Waals surface area (Å²) in [5.41, 5.74) is 1.31. The van der Waals surface area contributed by atoms with E-state index in [4.69, 9.17) is 14.2 Å². The molecule has 0 saturated carbocycles. The van der Waals surface area contributed by atoms with Crippen LogP contribution in [0.2, 0.25) is 0 Å². The number of carbonyl (C=O) groups excluding carboxylic acids is 2. The summed E-state index contributed by atoms with van der Waals surface area (Å²) in [7, 11) is 4.66. The number of nitrogens with one attached hydrogen (secondary N) is 1. The molecule has 1 saturated heterocycles. The number of carbonyl (C=O) groups is 2. The Morgan fingerprint density at radius 3 is 2.50 bits per heavy atom. The normalized spacial score (nSPS) is 13.5. The van der Waals surface area contributed by atoms with Crippen molar-refractivity contribution in [1.29, 1.82) is 0 Å². The molecule has 3 rings (SSSR count). The Morgan fingerprint density at radius 1 is 1.00 bits per heavy atom. The lowest BCUT2D eigenvalue weighted by Crippen LogP contribution is -2.37. The second kappa shape index (κ2) is 8.51. The van der Waals surface area contributed by atoms with Crippen LogP contribution in [-0.2, 0) is 4.79 Å². The maximum atomic E-state index is 12.7. The third-order valence-electron chi connectivity index (χ3n) is 4.46. The molecule has 0 aliphatic carbocycles. The SMILES string of the molecule is COc1cccc(NC(=O)CN2CCN(c3ccc(OC)c(OC)c3)C2=O)c1. The zero-order chi connectivity index (χ0) is 20.1. The van der Waals surface area contributed by atoms with E-state index in [-0.39, 0.29) is 18.5 Å². The van der Waals surface area contributed by atoms with Crippen molar-refractivity contribution in [3.8, 4) is 17.2 Å². The lowest BCUT2D eigenvalue weighted by Gasteiger charge is -2.19. The van der Waals surface area contributed by atoms with E-state index in [9.17, 15) is 9.59 Å². The molecule has 0 bridgehead atoms. The van der Waals surface area contributed by atoms with Crippen LogP contribution in [0.4, 0.5) is 16.2 Å². The molecule has 1 aliphatic rings. The van der Waals surface area contributed by atoms with Gasteiger partial charge in [-0.05, 0) is 24.3 Å². The van der Waals surface area contributed by atoms with Crippen LogP contribution in [0.1, 0.15) is 0 Å². The molecular weight excluding hydrogens is 362 g/mol. The molecule has 0 radical (unpaired) electrons. The summed E-state index contributed by atoms with van der Waals surface area (Å²) < 4.78 is 15.7. The Morgan fingerprint density at radius 2 is 1.79 bits per heavy atom. The van der Waals surface area contributed by atoms with Crippen LogP contribution in [0, 0.1) is 0 Å². The van der Waals surface area contributed by atoms with E-state index in [2.05, 4.69) is 5.32 Å². The van der Waals surface area contributed by atoms with Gasteiger partial charge in [0.1, 0.15) is 12.3 Å².